The molecule has 2 aliphatic heterocycles. The predicted octanol–water partition coefficient (Wildman–Crippen LogP) is 3.59. The fraction of sp³-hybridized carbons (Fsp3) is 0.652. The molecule has 2 aromatic rings. The van der Waals surface area contributed by atoms with Gasteiger partial charge in [-0.1, -0.05) is 6.92 Å². The maximum atomic E-state index is 13.1. The molecule has 0 bridgehead atoms. The third-order valence-corrected chi connectivity index (χ3v) is 7.26. The zero-order valence-electron chi connectivity index (χ0n) is 17.6. The van der Waals surface area contributed by atoms with E-state index in [9.17, 15) is 4.79 Å². The highest BCUT2D eigenvalue weighted by molar-refractivity contribution is 5.82. The molecule has 0 radical (unpaired) electrons. The summed E-state index contributed by atoms with van der Waals surface area (Å²) in [6, 6.07) is 4.15. The number of aromatic amines is 1. The summed E-state index contributed by atoms with van der Waals surface area (Å²) < 4.78 is 5.80. The van der Waals surface area contributed by atoms with Crippen LogP contribution < -0.4 is 0 Å². The van der Waals surface area contributed by atoms with Crippen LogP contribution in [0.5, 0.6) is 0 Å². The second-order valence-electron chi connectivity index (χ2n) is 9.26. The largest absolute Gasteiger partial charge is 0.466 e. The molecule has 5 rings (SSSR count). The molecule has 1 saturated heterocycles. The number of aromatic nitrogens is 2. The lowest BCUT2D eigenvalue weighted by Gasteiger charge is -2.50. The van der Waals surface area contributed by atoms with Crippen molar-refractivity contribution in [1.82, 2.24) is 19.8 Å². The molecule has 2 fully saturated rings. The summed E-state index contributed by atoms with van der Waals surface area (Å²) >= 11 is 0. The van der Waals surface area contributed by atoms with Crippen LogP contribution in [0, 0.1) is 12.8 Å². The first kappa shape index (κ1) is 18.9. The number of fused-ring (bicyclic) bond motifs is 2. The average molecular weight is 397 g/mol. The van der Waals surface area contributed by atoms with Crippen molar-refractivity contribution in [2.75, 3.05) is 26.2 Å². The Kier molecular flexibility index (Phi) is 4.77. The minimum Gasteiger partial charge on any atom is -0.466 e. The van der Waals surface area contributed by atoms with Gasteiger partial charge in [-0.2, -0.15) is 0 Å². The zero-order valence-corrected chi connectivity index (χ0v) is 17.6. The summed E-state index contributed by atoms with van der Waals surface area (Å²) in [6.07, 6.45) is 7.91. The minimum absolute atomic E-state index is 0.201. The van der Waals surface area contributed by atoms with E-state index in [0.29, 0.717) is 11.8 Å². The van der Waals surface area contributed by atoms with Crippen molar-refractivity contribution >= 4 is 5.91 Å². The normalized spacial score (nSPS) is 22.6. The first-order valence-electron chi connectivity index (χ1n) is 11.2. The Labute approximate surface area is 172 Å². The smallest absolute Gasteiger partial charge is 0.226 e. The molecule has 6 nitrogen and oxygen atoms in total. The summed E-state index contributed by atoms with van der Waals surface area (Å²) in [5, 5.41) is 0. The molecule has 29 heavy (non-hydrogen) atoms. The van der Waals surface area contributed by atoms with Gasteiger partial charge in [0.15, 0.2) is 0 Å². The molecular formula is C23H32N4O2. The van der Waals surface area contributed by atoms with Crippen LogP contribution in [0.1, 0.15) is 67.9 Å². The number of carbonyl (C=O) groups is 1. The quantitative estimate of drug-likeness (QED) is 0.839. The molecule has 1 amide bonds. The number of H-pyrrole nitrogens is 1. The van der Waals surface area contributed by atoms with E-state index in [1.807, 2.05) is 19.3 Å². The van der Waals surface area contributed by atoms with Gasteiger partial charge in [-0.05, 0) is 57.7 Å². The van der Waals surface area contributed by atoms with Crippen LogP contribution in [0.4, 0.5) is 0 Å². The van der Waals surface area contributed by atoms with Crippen molar-refractivity contribution in [3.63, 3.8) is 0 Å². The summed E-state index contributed by atoms with van der Waals surface area (Å²) in [7, 11) is 0. The number of nitrogens with one attached hydrogen (secondary N) is 1. The number of nitrogens with zero attached hydrogens (tertiary/aromatic N) is 3. The number of carbonyl (C=O) groups excluding carboxylic acids is 1. The van der Waals surface area contributed by atoms with E-state index in [1.165, 1.54) is 5.69 Å². The number of likely N-dealkylation sites (tertiary alicyclic amines) is 1. The molecule has 1 atom stereocenters. The van der Waals surface area contributed by atoms with Gasteiger partial charge < -0.3 is 19.2 Å². The molecule has 3 aliphatic rings. The van der Waals surface area contributed by atoms with Crippen LogP contribution >= 0.6 is 0 Å². The molecule has 156 valence electrons. The van der Waals surface area contributed by atoms with Gasteiger partial charge in [0.05, 0.1) is 17.6 Å². The van der Waals surface area contributed by atoms with E-state index >= 15 is 0 Å². The SMILES string of the molecule is Cc1ccc([C@@H](C)CCN2CCC3(CC2)c2nc[nH]c2CCN3C(=O)C2CC2)o1. The lowest BCUT2D eigenvalue weighted by atomic mass is 9.78. The lowest BCUT2D eigenvalue weighted by Crippen LogP contribution is -2.58. The number of rotatable bonds is 5. The standard InChI is InChI=1S/C23H32N4O2/c1-16(20-6-3-17(2)29-20)7-11-26-13-9-23(10-14-26)21-19(24-15-25-21)8-12-27(23)22(28)18-4-5-18/h3,6,15-16,18H,4-5,7-14H2,1-2H3,(H,24,25)/t16-/m0/s1. The lowest BCUT2D eigenvalue weighted by molar-refractivity contribution is -0.143. The van der Waals surface area contributed by atoms with Crippen molar-refractivity contribution in [2.45, 2.75) is 63.8 Å². The number of piperidine rings is 1. The minimum atomic E-state index is -0.201. The second kappa shape index (κ2) is 7.31. The summed E-state index contributed by atoms with van der Waals surface area (Å²) in [4.78, 5) is 25.9. The van der Waals surface area contributed by atoms with E-state index in [1.54, 1.807) is 0 Å². The van der Waals surface area contributed by atoms with Crippen molar-refractivity contribution in [3.8, 4) is 0 Å². The van der Waals surface area contributed by atoms with Gasteiger partial charge in [0.25, 0.3) is 0 Å². The van der Waals surface area contributed by atoms with Gasteiger partial charge in [-0.15, -0.1) is 0 Å². The topological polar surface area (TPSA) is 65.4 Å². The van der Waals surface area contributed by atoms with Crippen molar-refractivity contribution in [1.29, 1.82) is 0 Å². The van der Waals surface area contributed by atoms with E-state index in [0.717, 1.165) is 81.9 Å². The fourth-order valence-electron chi connectivity index (χ4n) is 5.24. The van der Waals surface area contributed by atoms with Gasteiger partial charge in [0.1, 0.15) is 11.5 Å². The maximum absolute atomic E-state index is 13.1. The van der Waals surface area contributed by atoms with Crippen molar-refractivity contribution < 1.29 is 9.21 Å². The molecule has 1 saturated carbocycles. The third-order valence-electron chi connectivity index (χ3n) is 7.26. The molecule has 4 heterocycles. The first-order valence-corrected chi connectivity index (χ1v) is 11.2. The fourth-order valence-corrected chi connectivity index (χ4v) is 5.24. The van der Waals surface area contributed by atoms with E-state index < -0.39 is 0 Å². The first-order chi connectivity index (χ1) is 14.1. The Morgan fingerprint density at radius 2 is 2.10 bits per heavy atom. The Morgan fingerprint density at radius 1 is 1.31 bits per heavy atom. The molecule has 0 aromatic carbocycles. The molecule has 0 unspecified atom stereocenters. The van der Waals surface area contributed by atoms with E-state index in [4.69, 9.17) is 9.40 Å². The molecule has 2 aromatic heterocycles. The van der Waals surface area contributed by atoms with Crippen LogP contribution in [-0.2, 0) is 16.8 Å². The van der Waals surface area contributed by atoms with E-state index in [-0.39, 0.29) is 11.5 Å². The maximum Gasteiger partial charge on any atom is 0.226 e. The van der Waals surface area contributed by atoms with Gasteiger partial charge in [0.2, 0.25) is 5.91 Å². The summed E-state index contributed by atoms with van der Waals surface area (Å²) in [5.41, 5.74) is 2.17. The number of aryl methyl sites for hydroxylation is 1. The third kappa shape index (κ3) is 3.41. The van der Waals surface area contributed by atoms with Crippen LogP contribution in [-0.4, -0.2) is 51.9 Å². The Morgan fingerprint density at radius 3 is 2.79 bits per heavy atom. The number of hydrogen-bond acceptors (Lipinski definition) is 4. The number of amides is 1. The molecule has 1 aliphatic carbocycles. The highest BCUT2D eigenvalue weighted by atomic mass is 16.3. The molecule has 1 N–H and O–H groups in total. The Balaban J connectivity index is 1.26. The Hall–Kier alpha value is -2.08. The number of furan rings is 1. The predicted molar refractivity (Wildman–Crippen MR) is 111 cm³/mol. The van der Waals surface area contributed by atoms with Gasteiger partial charge in [0, 0.05) is 43.6 Å². The van der Waals surface area contributed by atoms with Gasteiger partial charge >= 0.3 is 0 Å². The van der Waals surface area contributed by atoms with Crippen LogP contribution in [0.15, 0.2) is 22.9 Å². The molecular weight excluding hydrogens is 364 g/mol. The highest BCUT2D eigenvalue weighted by Gasteiger charge is 2.50. The van der Waals surface area contributed by atoms with Crippen molar-refractivity contribution in [2.24, 2.45) is 5.92 Å². The number of imidazole rings is 1. The van der Waals surface area contributed by atoms with Gasteiger partial charge in [-0.3, -0.25) is 4.79 Å². The monoisotopic (exact) mass is 396 g/mol. The average Bonchev–Trinajstić information content (AvgIpc) is 3.30. The van der Waals surface area contributed by atoms with Crippen molar-refractivity contribution in [3.05, 3.63) is 41.4 Å². The van der Waals surface area contributed by atoms with E-state index in [2.05, 4.69) is 27.8 Å². The van der Waals surface area contributed by atoms with Crippen LogP contribution in [0.2, 0.25) is 0 Å². The Bertz CT molecular complexity index is 873. The zero-order chi connectivity index (χ0) is 20.0. The van der Waals surface area contributed by atoms with Crippen LogP contribution in [0.25, 0.3) is 0 Å². The summed E-state index contributed by atoms with van der Waals surface area (Å²) in [6.45, 7) is 8.19. The second-order valence-corrected chi connectivity index (χ2v) is 9.26. The highest BCUT2D eigenvalue weighted by Crippen LogP contribution is 2.45. The number of hydrogen-bond donors (Lipinski definition) is 1. The summed E-state index contributed by atoms with van der Waals surface area (Å²) in [5.74, 6) is 3.14. The molecule has 6 heteroatoms. The van der Waals surface area contributed by atoms with Gasteiger partial charge in [-0.25, -0.2) is 4.98 Å². The van der Waals surface area contributed by atoms with Crippen LogP contribution in [0.3, 0.4) is 0 Å². The molecule has 1 spiro atoms.